The van der Waals surface area contributed by atoms with Gasteiger partial charge in [0.25, 0.3) is 6.47 Å². The lowest BCUT2D eigenvalue weighted by Crippen LogP contribution is -2.54. The van der Waals surface area contributed by atoms with Gasteiger partial charge in [0, 0.05) is 19.6 Å². The molecule has 3 unspecified atom stereocenters. The van der Waals surface area contributed by atoms with Gasteiger partial charge in [0.1, 0.15) is 24.9 Å². The van der Waals surface area contributed by atoms with Gasteiger partial charge in [-0.3, -0.25) is 9.59 Å². The molecule has 2 fully saturated rings. The Bertz CT molecular complexity index is 1470. The zero-order valence-electron chi connectivity index (χ0n) is 34.0. The fourth-order valence-electron chi connectivity index (χ4n) is 6.30. The summed E-state index contributed by atoms with van der Waals surface area (Å²) in [6.07, 6.45) is 2.90. The molecular weight excluding hydrogens is 689 g/mol. The van der Waals surface area contributed by atoms with Crippen molar-refractivity contribution in [2.24, 2.45) is 5.92 Å². The summed E-state index contributed by atoms with van der Waals surface area (Å²) in [4.78, 5) is 52.7. The average Bonchev–Trinajstić information content (AvgIpc) is 3.62. The van der Waals surface area contributed by atoms with E-state index >= 15 is 0 Å². The first-order valence-electron chi connectivity index (χ1n) is 19.0. The maximum Gasteiger partial charge on any atom is 0.457 e. The summed E-state index contributed by atoms with van der Waals surface area (Å²) >= 11 is 0. The molecule has 0 aliphatic carbocycles. The van der Waals surface area contributed by atoms with Gasteiger partial charge in [-0.25, -0.2) is 9.59 Å². The lowest BCUT2D eigenvalue weighted by atomic mass is 9.82. The summed E-state index contributed by atoms with van der Waals surface area (Å²) in [7, 11) is 1.49. The molecule has 0 saturated carbocycles. The second-order valence-electron chi connectivity index (χ2n) is 16.4. The van der Waals surface area contributed by atoms with Gasteiger partial charge in [-0.15, -0.1) is 0 Å². The highest BCUT2D eigenvalue weighted by Crippen LogP contribution is 2.38. The monoisotopic (exact) mass is 751 g/mol. The number of hydrogen-bond donors (Lipinski definition) is 1. The molecule has 12 nitrogen and oxygen atoms in total. The van der Waals surface area contributed by atoms with Crippen LogP contribution in [0.5, 0.6) is 0 Å². The summed E-state index contributed by atoms with van der Waals surface area (Å²) in [5.74, 6) is -0.369. The summed E-state index contributed by atoms with van der Waals surface area (Å²) < 4.78 is 28.0. The largest absolute Gasteiger partial charge is 0.463 e. The Morgan fingerprint density at radius 3 is 2.02 bits per heavy atom. The average molecular weight is 752 g/mol. The Balaban J connectivity index is 0.000000676. The highest BCUT2D eigenvalue weighted by molar-refractivity contribution is 6.45. The minimum Gasteiger partial charge on any atom is -0.463 e. The molecule has 0 aromatic heterocycles. The third kappa shape index (κ3) is 13.6. The molecule has 3 atom stereocenters. The number of carbonyl (C=O) groups excluding carboxylic acids is 4. The van der Waals surface area contributed by atoms with Crippen LogP contribution in [0.3, 0.4) is 0 Å². The molecule has 0 radical (unpaired) electrons. The highest BCUT2D eigenvalue weighted by atomic mass is 16.7. The molecule has 1 N–H and O–H groups in total. The number of likely N-dealkylation sites (N-methyl/N-ethyl adjacent to an activating group) is 1. The SMILES string of the molecule is CC(C)C(NC(=O)OC(C)(C)C)C(=O)N(C)C1CC(CCCCB2OC(C)(C)C(C)(C)O2)N(C(=O)OCc2ccccc2)C1.O=COCc1ccccc1. The Labute approximate surface area is 322 Å². The van der Waals surface area contributed by atoms with E-state index in [0.717, 1.165) is 36.7 Å². The normalized spacial score (nSPS) is 19.3. The second kappa shape index (κ2) is 20.0. The topological polar surface area (TPSA) is 133 Å². The van der Waals surface area contributed by atoms with Crippen molar-refractivity contribution in [1.29, 1.82) is 0 Å². The van der Waals surface area contributed by atoms with Crippen LogP contribution in [-0.4, -0.2) is 90.0 Å². The number of rotatable bonds is 14. The lowest BCUT2D eigenvalue weighted by molar-refractivity contribution is -0.135. The zero-order chi connectivity index (χ0) is 40.1. The van der Waals surface area contributed by atoms with Gasteiger partial charge >= 0.3 is 19.3 Å². The molecular formula is C41H62BN3O9. The van der Waals surface area contributed by atoms with E-state index in [9.17, 15) is 19.2 Å². The summed E-state index contributed by atoms with van der Waals surface area (Å²) in [5, 5.41) is 2.76. The molecule has 3 amide bonds. The van der Waals surface area contributed by atoms with E-state index in [1.54, 1.807) is 37.6 Å². The van der Waals surface area contributed by atoms with E-state index in [1.807, 2.05) is 74.5 Å². The smallest absolute Gasteiger partial charge is 0.457 e. The van der Waals surface area contributed by atoms with Gasteiger partial charge in [0.05, 0.1) is 17.2 Å². The molecule has 2 aromatic rings. The van der Waals surface area contributed by atoms with Crippen molar-refractivity contribution < 1.29 is 42.7 Å². The number of unbranched alkanes of at least 4 members (excludes halogenated alkanes) is 1. The van der Waals surface area contributed by atoms with E-state index in [4.69, 9.17) is 18.8 Å². The van der Waals surface area contributed by atoms with Crippen molar-refractivity contribution in [2.45, 2.75) is 142 Å². The number of ether oxygens (including phenoxy) is 3. The van der Waals surface area contributed by atoms with E-state index in [-0.39, 0.29) is 54.9 Å². The van der Waals surface area contributed by atoms with Crippen LogP contribution in [0.4, 0.5) is 9.59 Å². The fraction of sp³-hybridized carbons (Fsp3) is 0.610. The molecule has 2 heterocycles. The molecule has 0 bridgehead atoms. The van der Waals surface area contributed by atoms with Crippen LogP contribution in [0.1, 0.15) is 99.1 Å². The molecule has 4 rings (SSSR count). The molecule has 54 heavy (non-hydrogen) atoms. The van der Waals surface area contributed by atoms with Gasteiger partial charge in [0.2, 0.25) is 5.91 Å². The number of amides is 3. The van der Waals surface area contributed by atoms with Crippen molar-refractivity contribution in [2.75, 3.05) is 13.6 Å². The summed E-state index contributed by atoms with van der Waals surface area (Å²) in [5.41, 5.74) is 0.519. The number of carbonyl (C=O) groups is 4. The second-order valence-corrected chi connectivity index (χ2v) is 16.4. The molecule has 0 spiro atoms. The van der Waals surface area contributed by atoms with Gasteiger partial charge in [-0.2, -0.15) is 0 Å². The minimum absolute atomic E-state index is 0.0897. The van der Waals surface area contributed by atoms with Crippen molar-refractivity contribution in [3.63, 3.8) is 0 Å². The summed E-state index contributed by atoms with van der Waals surface area (Å²) in [6.45, 7) is 18.7. The maximum atomic E-state index is 13.7. The van der Waals surface area contributed by atoms with Crippen molar-refractivity contribution in [3.05, 3.63) is 71.8 Å². The summed E-state index contributed by atoms with van der Waals surface area (Å²) in [6, 6.07) is 18.1. The molecule has 298 valence electrons. The standard InChI is InChI=1S/C33H54BN3O7.C8H8O2/c1-23(2)27(35-29(39)42-31(3,4)5)28(38)36(10)26-20-25(18-14-15-19-34-43-32(6,7)33(8,9)44-34)37(21-26)30(40)41-22-24-16-12-11-13-17-24;9-7-10-6-8-4-2-1-3-5-8/h11-13,16-17,23,25-27H,14-15,18-22H2,1-10H3,(H,35,39);1-5,7H,6H2. The Kier molecular flexibility index (Phi) is 16.4. The third-order valence-corrected chi connectivity index (χ3v) is 10.0. The number of alkyl carbamates (subject to hydrolysis) is 1. The van der Waals surface area contributed by atoms with E-state index in [1.165, 1.54) is 0 Å². The van der Waals surface area contributed by atoms with E-state index in [2.05, 4.69) is 37.7 Å². The van der Waals surface area contributed by atoms with Crippen LogP contribution in [-0.2, 0) is 46.3 Å². The molecule has 13 heteroatoms. The van der Waals surface area contributed by atoms with Crippen LogP contribution in [0.25, 0.3) is 0 Å². The number of nitrogens with one attached hydrogen (secondary N) is 1. The van der Waals surface area contributed by atoms with Crippen LogP contribution in [0.2, 0.25) is 6.32 Å². The number of benzene rings is 2. The Morgan fingerprint density at radius 2 is 1.50 bits per heavy atom. The quantitative estimate of drug-likeness (QED) is 0.0908. The van der Waals surface area contributed by atoms with Crippen LogP contribution < -0.4 is 5.32 Å². The minimum atomic E-state index is -0.757. The Morgan fingerprint density at radius 1 is 0.944 bits per heavy atom. The lowest BCUT2D eigenvalue weighted by Gasteiger charge is -2.32. The zero-order valence-corrected chi connectivity index (χ0v) is 34.0. The van der Waals surface area contributed by atoms with Gasteiger partial charge in [0.15, 0.2) is 0 Å². The first kappa shape index (κ1) is 44.3. The van der Waals surface area contributed by atoms with Gasteiger partial charge in [-0.1, -0.05) is 87.4 Å². The van der Waals surface area contributed by atoms with Crippen molar-refractivity contribution >= 4 is 31.7 Å². The third-order valence-electron chi connectivity index (χ3n) is 10.0. The van der Waals surface area contributed by atoms with E-state index in [0.29, 0.717) is 26.0 Å². The molecule has 2 aliphatic heterocycles. The number of hydrogen-bond acceptors (Lipinski definition) is 9. The maximum absolute atomic E-state index is 13.7. The fourth-order valence-corrected chi connectivity index (χ4v) is 6.30. The first-order valence-corrected chi connectivity index (χ1v) is 19.0. The van der Waals surface area contributed by atoms with Crippen LogP contribution in [0.15, 0.2) is 60.7 Å². The van der Waals surface area contributed by atoms with Crippen LogP contribution in [0, 0.1) is 5.92 Å². The molecule has 2 saturated heterocycles. The van der Waals surface area contributed by atoms with Gasteiger partial charge in [-0.05, 0) is 84.7 Å². The van der Waals surface area contributed by atoms with Crippen LogP contribution >= 0.6 is 0 Å². The van der Waals surface area contributed by atoms with Gasteiger partial charge < -0.3 is 38.6 Å². The van der Waals surface area contributed by atoms with Crippen molar-refractivity contribution in [1.82, 2.24) is 15.1 Å². The number of nitrogens with zero attached hydrogens (tertiary/aromatic N) is 2. The molecule has 2 aliphatic rings. The highest BCUT2D eigenvalue weighted by Gasteiger charge is 2.50. The molecule has 2 aromatic carbocycles. The predicted octanol–water partition coefficient (Wildman–Crippen LogP) is 7.40. The first-order chi connectivity index (χ1) is 25.3. The predicted molar refractivity (Wildman–Crippen MR) is 208 cm³/mol. The van der Waals surface area contributed by atoms with E-state index < -0.39 is 17.7 Å². The number of likely N-dealkylation sites (tertiary alicyclic amines) is 1. The Hall–Kier alpha value is -4.10. The van der Waals surface area contributed by atoms with Crippen molar-refractivity contribution in [3.8, 4) is 0 Å².